The van der Waals surface area contributed by atoms with E-state index >= 15 is 0 Å². The van der Waals surface area contributed by atoms with Crippen LogP contribution in [0.25, 0.3) is 11.3 Å². The van der Waals surface area contributed by atoms with Gasteiger partial charge < -0.3 is 15.0 Å². The van der Waals surface area contributed by atoms with E-state index in [9.17, 15) is 4.79 Å². The van der Waals surface area contributed by atoms with Crippen LogP contribution in [0.5, 0.6) is 5.75 Å². The van der Waals surface area contributed by atoms with Crippen molar-refractivity contribution in [2.75, 3.05) is 30.4 Å². The Morgan fingerprint density at radius 1 is 1.03 bits per heavy atom. The zero-order chi connectivity index (χ0) is 20.9. The minimum absolute atomic E-state index is 0.0225. The highest BCUT2D eigenvalue weighted by Crippen LogP contribution is 2.27. The van der Waals surface area contributed by atoms with Gasteiger partial charge in [-0.25, -0.2) is 0 Å². The van der Waals surface area contributed by atoms with Gasteiger partial charge in [-0.3, -0.25) is 4.79 Å². The first-order valence-corrected chi connectivity index (χ1v) is 10.2. The quantitative estimate of drug-likeness (QED) is 0.689. The van der Waals surface area contributed by atoms with Gasteiger partial charge in [-0.05, 0) is 50.1 Å². The fourth-order valence-electron chi connectivity index (χ4n) is 3.81. The fourth-order valence-corrected chi connectivity index (χ4v) is 3.81. The average molecular weight is 402 g/mol. The number of para-hydroxylation sites is 2. The van der Waals surface area contributed by atoms with Crippen LogP contribution in [0, 0.1) is 12.8 Å². The SMILES string of the molecule is COc1ccccc1NC(=O)C1CCN(c2ccc(-c3cccc(C)c3)nn2)CC1. The van der Waals surface area contributed by atoms with Crippen LogP contribution in [0.1, 0.15) is 18.4 Å². The summed E-state index contributed by atoms with van der Waals surface area (Å²) in [6, 6.07) is 19.8. The van der Waals surface area contributed by atoms with Gasteiger partial charge in [0.2, 0.25) is 5.91 Å². The minimum Gasteiger partial charge on any atom is -0.495 e. The third-order valence-electron chi connectivity index (χ3n) is 5.52. The Balaban J connectivity index is 1.35. The first kappa shape index (κ1) is 19.9. The molecular weight excluding hydrogens is 376 g/mol. The normalized spacial score (nSPS) is 14.4. The summed E-state index contributed by atoms with van der Waals surface area (Å²) >= 11 is 0. The molecule has 0 spiro atoms. The van der Waals surface area contributed by atoms with Crippen molar-refractivity contribution in [1.82, 2.24) is 10.2 Å². The molecule has 0 unspecified atom stereocenters. The molecule has 2 heterocycles. The van der Waals surface area contributed by atoms with Gasteiger partial charge in [0.15, 0.2) is 5.82 Å². The van der Waals surface area contributed by atoms with E-state index in [1.165, 1.54) is 5.56 Å². The number of amides is 1. The maximum absolute atomic E-state index is 12.7. The summed E-state index contributed by atoms with van der Waals surface area (Å²) in [4.78, 5) is 14.9. The maximum atomic E-state index is 12.7. The Morgan fingerprint density at radius 3 is 2.53 bits per heavy atom. The van der Waals surface area contributed by atoms with Gasteiger partial charge in [-0.1, -0.05) is 35.9 Å². The second-order valence-corrected chi connectivity index (χ2v) is 7.60. The predicted octanol–water partition coefficient (Wildman–Crippen LogP) is 4.32. The largest absolute Gasteiger partial charge is 0.495 e. The van der Waals surface area contributed by atoms with E-state index < -0.39 is 0 Å². The molecular formula is C24H26N4O2. The van der Waals surface area contributed by atoms with Gasteiger partial charge in [-0.2, -0.15) is 0 Å². The molecule has 0 bridgehead atoms. The van der Waals surface area contributed by atoms with Crippen molar-refractivity contribution in [3.63, 3.8) is 0 Å². The number of ether oxygens (including phenoxy) is 1. The van der Waals surface area contributed by atoms with Crippen LogP contribution < -0.4 is 15.0 Å². The molecule has 154 valence electrons. The molecule has 30 heavy (non-hydrogen) atoms. The molecule has 1 aliphatic rings. The molecule has 0 saturated carbocycles. The monoisotopic (exact) mass is 402 g/mol. The molecule has 1 aliphatic heterocycles. The first-order chi connectivity index (χ1) is 14.6. The smallest absolute Gasteiger partial charge is 0.227 e. The Morgan fingerprint density at radius 2 is 1.83 bits per heavy atom. The van der Waals surface area contributed by atoms with E-state index in [1.807, 2.05) is 48.5 Å². The van der Waals surface area contributed by atoms with Gasteiger partial charge in [-0.15, -0.1) is 10.2 Å². The van der Waals surface area contributed by atoms with Crippen molar-refractivity contribution in [3.8, 4) is 17.0 Å². The highest BCUT2D eigenvalue weighted by atomic mass is 16.5. The highest BCUT2D eigenvalue weighted by molar-refractivity contribution is 5.94. The van der Waals surface area contributed by atoms with Crippen LogP contribution in [0.15, 0.2) is 60.7 Å². The highest BCUT2D eigenvalue weighted by Gasteiger charge is 2.26. The first-order valence-electron chi connectivity index (χ1n) is 10.2. The number of methoxy groups -OCH3 is 1. The summed E-state index contributed by atoms with van der Waals surface area (Å²) in [5.74, 6) is 1.55. The Kier molecular flexibility index (Phi) is 5.93. The summed E-state index contributed by atoms with van der Waals surface area (Å²) in [5, 5.41) is 11.8. The third-order valence-corrected chi connectivity index (χ3v) is 5.52. The lowest BCUT2D eigenvalue weighted by molar-refractivity contribution is -0.120. The van der Waals surface area contributed by atoms with E-state index in [4.69, 9.17) is 4.74 Å². The molecule has 0 aliphatic carbocycles. The van der Waals surface area contributed by atoms with E-state index in [0.29, 0.717) is 11.4 Å². The van der Waals surface area contributed by atoms with E-state index in [2.05, 4.69) is 39.5 Å². The fraction of sp³-hybridized carbons (Fsp3) is 0.292. The van der Waals surface area contributed by atoms with Gasteiger partial charge in [0.25, 0.3) is 0 Å². The Hall–Kier alpha value is -3.41. The summed E-state index contributed by atoms with van der Waals surface area (Å²) in [5.41, 5.74) is 3.85. The second kappa shape index (κ2) is 8.95. The van der Waals surface area contributed by atoms with Crippen LogP contribution in [0.3, 0.4) is 0 Å². The molecule has 2 aromatic carbocycles. The summed E-state index contributed by atoms with van der Waals surface area (Å²) < 4.78 is 5.32. The zero-order valence-corrected chi connectivity index (χ0v) is 17.3. The number of carbonyl (C=O) groups excluding carboxylic acids is 1. The number of hydrogen-bond donors (Lipinski definition) is 1. The Labute approximate surface area is 176 Å². The lowest BCUT2D eigenvalue weighted by Crippen LogP contribution is -2.38. The topological polar surface area (TPSA) is 67.3 Å². The van der Waals surface area contributed by atoms with E-state index in [0.717, 1.165) is 43.0 Å². The van der Waals surface area contributed by atoms with Crippen molar-refractivity contribution >= 4 is 17.4 Å². The van der Waals surface area contributed by atoms with Crippen molar-refractivity contribution < 1.29 is 9.53 Å². The number of rotatable bonds is 5. The number of aromatic nitrogens is 2. The summed E-state index contributed by atoms with van der Waals surface area (Å²) in [6.45, 7) is 3.63. The molecule has 6 nitrogen and oxygen atoms in total. The molecule has 0 radical (unpaired) electrons. The van der Waals surface area contributed by atoms with E-state index in [1.54, 1.807) is 7.11 Å². The van der Waals surface area contributed by atoms with Crippen LogP contribution in [0.4, 0.5) is 11.5 Å². The van der Waals surface area contributed by atoms with Gasteiger partial charge in [0.05, 0.1) is 18.5 Å². The van der Waals surface area contributed by atoms with Crippen LogP contribution >= 0.6 is 0 Å². The zero-order valence-electron chi connectivity index (χ0n) is 17.3. The molecule has 1 amide bonds. The number of aryl methyl sites for hydroxylation is 1. The number of anilines is 2. The maximum Gasteiger partial charge on any atom is 0.227 e. The number of benzene rings is 2. The van der Waals surface area contributed by atoms with Crippen molar-refractivity contribution in [1.29, 1.82) is 0 Å². The van der Waals surface area contributed by atoms with Crippen molar-refractivity contribution in [3.05, 3.63) is 66.2 Å². The van der Waals surface area contributed by atoms with Gasteiger partial charge in [0, 0.05) is 24.6 Å². The van der Waals surface area contributed by atoms with Crippen LogP contribution in [-0.4, -0.2) is 36.3 Å². The van der Waals surface area contributed by atoms with Crippen molar-refractivity contribution in [2.24, 2.45) is 5.92 Å². The molecule has 1 N–H and O–H groups in total. The van der Waals surface area contributed by atoms with Crippen LogP contribution in [-0.2, 0) is 4.79 Å². The lowest BCUT2D eigenvalue weighted by atomic mass is 9.95. The Bertz CT molecular complexity index is 1010. The summed E-state index contributed by atoms with van der Waals surface area (Å²) in [7, 11) is 1.61. The van der Waals surface area contributed by atoms with Gasteiger partial charge >= 0.3 is 0 Å². The number of hydrogen-bond acceptors (Lipinski definition) is 5. The molecule has 0 atom stereocenters. The predicted molar refractivity (Wildman–Crippen MR) is 119 cm³/mol. The molecule has 6 heteroatoms. The number of nitrogens with zero attached hydrogens (tertiary/aromatic N) is 3. The number of nitrogens with one attached hydrogen (secondary N) is 1. The van der Waals surface area contributed by atoms with E-state index in [-0.39, 0.29) is 11.8 Å². The van der Waals surface area contributed by atoms with Gasteiger partial charge in [0.1, 0.15) is 5.75 Å². The standard InChI is InChI=1S/C24H26N4O2/c1-17-6-5-7-19(16-17)20-10-11-23(27-26-20)28-14-12-18(13-15-28)24(29)25-21-8-3-4-9-22(21)30-2/h3-11,16,18H,12-15H2,1-2H3,(H,25,29). The molecule has 3 aromatic rings. The average Bonchev–Trinajstić information content (AvgIpc) is 2.79. The van der Waals surface area contributed by atoms with Crippen LogP contribution in [0.2, 0.25) is 0 Å². The third kappa shape index (κ3) is 4.43. The molecule has 1 saturated heterocycles. The molecule has 1 aromatic heterocycles. The summed E-state index contributed by atoms with van der Waals surface area (Å²) in [6.07, 6.45) is 1.56. The molecule has 1 fully saturated rings. The lowest BCUT2D eigenvalue weighted by Gasteiger charge is -2.31. The second-order valence-electron chi connectivity index (χ2n) is 7.60. The van der Waals surface area contributed by atoms with Crippen molar-refractivity contribution in [2.45, 2.75) is 19.8 Å². The minimum atomic E-state index is -0.0225. The number of carbonyl (C=O) groups is 1. The molecule has 4 rings (SSSR count). The number of piperidine rings is 1.